The molecule has 20 heavy (non-hydrogen) atoms. The van der Waals surface area contributed by atoms with E-state index < -0.39 is 0 Å². The summed E-state index contributed by atoms with van der Waals surface area (Å²) < 4.78 is 18.4. The molecular formula is C15H21FN2O2. The molecule has 0 spiro atoms. The van der Waals surface area contributed by atoms with Gasteiger partial charge >= 0.3 is 0 Å². The summed E-state index contributed by atoms with van der Waals surface area (Å²) in [6.45, 7) is 4.38. The Labute approximate surface area is 118 Å². The second-order valence-corrected chi connectivity index (χ2v) is 4.98. The van der Waals surface area contributed by atoms with Crippen molar-refractivity contribution < 1.29 is 13.9 Å². The Hall–Kier alpha value is -1.46. The van der Waals surface area contributed by atoms with Gasteiger partial charge in [0, 0.05) is 12.6 Å². The van der Waals surface area contributed by atoms with Crippen LogP contribution in [0.2, 0.25) is 0 Å². The topological polar surface area (TPSA) is 50.4 Å². The monoisotopic (exact) mass is 280 g/mol. The van der Waals surface area contributed by atoms with Gasteiger partial charge in [-0.25, -0.2) is 4.39 Å². The summed E-state index contributed by atoms with van der Waals surface area (Å²) in [4.78, 5) is 12.1. The first-order valence-electron chi connectivity index (χ1n) is 7.04. The molecule has 1 amide bonds. The van der Waals surface area contributed by atoms with Crippen molar-refractivity contribution in [2.24, 2.45) is 5.92 Å². The van der Waals surface area contributed by atoms with Gasteiger partial charge in [-0.15, -0.1) is 0 Å². The van der Waals surface area contributed by atoms with Gasteiger partial charge < -0.3 is 15.4 Å². The minimum atomic E-state index is -0.245. The lowest BCUT2D eigenvalue weighted by atomic mass is 10.0. The summed E-state index contributed by atoms with van der Waals surface area (Å²) in [5, 5.41) is 6.16. The Balaban J connectivity index is 1.77. The molecule has 0 radical (unpaired) electrons. The van der Waals surface area contributed by atoms with Crippen molar-refractivity contribution in [2.75, 3.05) is 26.3 Å². The smallest absolute Gasteiger partial charge is 0.227 e. The van der Waals surface area contributed by atoms with Crippen LogP contribution in [0.5, 0.6) is 0 Å². The van der Waals surface area contributed by atoms with Gasteiger partial charge in [0.25, 0.3) is 0 Å². The lowest BCUT2D eigenvalue weighted by Crippen LogP contribution is -2.44. The number of halogens is 1. The molecule has 2 unspecified atom stereocenters. The number of benzene rings is 1. The van der Waals surface area contributed by atoms with Crippen LogP contribution < -0.4 is 10.6 Å². The average molecular weight is 280 g/mol. The second kappa shape index (κ2) is 7.36. The summed E-state index contributed by atoms with van der Waals surface area (Å²) in [5.74, 6) is -0.377. The van der Waals surface area contributed by atoms with Gasteiger partial charge in [0.15, 0.2) is 0 Å². The van der Waals surface area contributed by atoms with Gasteiger partial charge in [-0.1, -0.05) is 19.1 Å². The molecule has 1 aliphatic heterocycles. The Morgan fingerprint density at radius 1 is 1.45 bits per heavy atom. The van der Waals surface area contributed by atoms with Gasteiger partial charge in [0.05, 0.1) is 19.1 Å². The van der Waals surface area contributed by atoms with E-state index in [1.165, 1.54) is 12.1 Å². The highest BCUT2D eigenvalue weighted by molar-refractivity contribution is 5.79. The lowest BCUT2D eigenvalue weighted by molar-refractivity contribution is -0.125. The molecule has 0 bridgehead atoms. The normalized spacial score (nSPS) is 21.9. The van der Waals surface area contributed by atoms with E-state index in [1.807, 2.05) is 13.0 Å². The van der Waals surface area contributed by atoms with E-state index in [9.17, 15) is 9.18 Å². The SMILES string of the molecule is CCNC1COCC1C(=O)NCCc1cccc(F)c1. The number of carbonyl (C=O) groups is 1. The van der Waals surface area contributed by atoms with Gasteiger partial charge in [-0.2, -0.15) is 0 Å². The first-order valence-corrected chi connectivity index (χ1v) is 7.04. The van der Waals surface area contributed by atoms with E-state index >= 15 is 0 Å². The van der Waals surface area contributed by atoms with E-state index in [2.05, 4.69) is 10.6 Å². The molecule has 1 aromatic carbocycles. The van der Waals surface area contributed by atoms with E-state index in [-0.39, 0.29) is 23.7 Å². The molecule has 2 atom stereocenters. The van der Waals surface area contributed by atoms with Crippen LogP contribution in [0.4, 0.5) is 4.39 Å². The zero-order valence-corrected chi connectivity index (χ0v) is 11.7. The number of amides is 1. The van der Waals surface area contributed by atoms with Gasteiger partial charge in [0.2, 0.25) is 5.91 Å². The summed E-state index contributed by atoms with van der Waals surface area (Å²) in [5.41, 5.74) is 0.885. The minimum Gasteiger partial charge on any atom is -0.379 e. The molecule has 0 aromatic heterocycles. The molecule has 110 valence electrons. The number of hydrogen-bond donors (Lipinski definition) is 2. The van der Waals surface area contributed by atoms with Crippen molar-refractivity contribution in [3.63, 3.8) is 0 Å². The lowest BCUT2D eigenvalue weighted by Gasteiger charge is -2.17. The number of hydrogen-bond acceptors (Lipinski definition) is 3. The first-order chi connectivity index (χ1) is 9.70. The molecule has 5 heteroatoms. The maximum absolute atomic E-state index is 13.0. The number of ether oxygens (including phenoxy) is 1. The van der Waals surface area contributed by atoms with E-state index in [4.69, 9.17) is 4.74 Å². The van der Waals surface area contributed by atoms with Crippen LogP contribution in [0, 0.1) is 11.7 Å². The van der Waals surface area contributed by atoms with Crippen LogP contribution in [0.25, 0.3) is 0 Å². The molecule has 1 aliphatic rings. The number of nitrogens with one attached hydrogen (secondary N) is 2. The Morgan fingerprint density at radius 3 is 3.05 bits per heavy atom. The summed E-state index contributed by atoms with van der Waals surface area (Å²) in [6, 6.07) is 6.54. The Kier molecular flexibility index (Phi) is 5.49. The van der Waals surface area contributed by atoms with Crippen molar-refractivity contribution in [1.29, 1.82) is 0 Å². The third kappa shape index (κ3) is 4.02. The van der Waals surface area contributed by atoms with E-state index in [1.54, 1.807) is 6.07 Å². The highest BCUT2D eigenvalue weighted by Crippen LogP contribution is 2.13. The van der Waals surface area contributed by atoms with Crippen molar-refractivity contribution in [1.82, 2.24) is 10.6 Å². The molecule has 0 aliphatic carbocycles. The van der Waals surface area contributed by atoms with Gasteiger partial charge in [-0.05, 0) is 30.7 Å². The van der Waals surface area contributed by atoms with Gasteiger partial charge in [-0.3, -0.25) is 4.79 Å². The predicted molar refractivity (Wildman–Crippen MR) is 74.9 cm³/mol. The molecule has 0 saturated carbocycles. The summed E-state index contributed by atoms with van der Waals surface area (Å²) in [6.07, 6.45) is 0.628. The quantitative estimate of drug-likeness (QED) is 0.820. The van der Waals surface area contributed by atoms with Crippen molar-refractivity contribution in [3.8, 4) is 0 Å². The molecule has 1 fully saturated rings. The molecule has 2 rings (SSSR count). The minimum absolute atomic E-state index is 0.00449. The van der Waals surface area contributed by atoms with Crippen LogP contribution in [0.1, 0.15) is 12.5 Å². The number of rotatable bonds is 6. The van der Waals surface area contributed by atoms with E-state index in [0.717, 1.165) is 12.1 Å². The second-order valence-electron chi connectivity index (χ2n) is 4.98. The highest BCUT2D eigenvalue weighted by Gasteiger charge is 2.33. The summed E-state index contributed by atoms with van der Waals surface area (Å²) >= 11 is 0. The Morgan fingerprint density at radius 2 is 2.30 bits per heavy atom. The first kappa shape index (κ1) is 14.9. The fourth-order valence-corrected chi connectivity index (χ4v) is 2.43. The number of likely N-dealkylation sites (N-methyl/N-ethyl adjacent to an activating group) is 1. The highest BCUT2D eigenvalue weighted by atomic mass is 19.1. The van der Waals surface area contributed by atoms with Crippen LogP contribution in [-0.4, -0.2) is 38.3 Å². The third-order valence-electron chi connectivity index (χ3n) is 3.49. The average Bonchev–Trinajstić information content (AvgIpc) is 2.87. The van der Waals surface area contributed by atoms with Crippen LogP contribution in [0.15, 0.2) is 24.3 Å². The standard InChI is InChI=1S/C15H21FN2O2/c1-2-17-14-10-20-9-13(14)15(19)18-7-6-11-4-3-5-12(16)8-11/h3-5,8,13-14,17H,2,6-7,9-10H2,1H3,(H,18,19). The van der Waals surface area contributed by atoms with Crippen LogP contribution in [0.3, 0.4) is 0 Å². The van der Waals surface area contributed by atoms with Crippen LogP contribution in [-0.2, 0) is 16.0 Å². The third-order valence-corrected chi connectivity index (χ3v) is 3.49. The molecular weight excluding hydrogens is 259 g/mol. The molecule has 2 N–H and O–H groups in total. The van der Waals surface area contributed by atoms with E-state index in [0.29, 0.717) is 26.2 Å². The predicted octanol–water partition coefficient (Wildman–Crippen LogP) is 1.11. The Bertz CT molecular complexity index is 453. The molecule has 1 heterocycles. The molecule has 4 nitrogen and oxygen atoms in total. The maximum atomic E-state index is 13.0. The fourth-order valence-electron chi connectivity index (χ4n) is 2.43. The zero-order valence-electron chi connectivity index (χ0n) is 11.7. The van der Waals surface area contributed by atoms with Gasteiger partial charge in [0.1, 0.15) is 5.82 Å². The van der Waals surface area contributed by atoms with Crippen LogP contribution >= 0.6 is 0 Å². The number of carbonyl (C=O) groups excluding carboxylic acids is 1. The molecule has 1 aromatic rings. The van der Waals surface area contributed by atoms with Crippen molar-refractivity contribution in [3.05, 3.63) is 35.6 Å². The van der Waals surface area contributed by atoms with Crippen molar-refractivity contribution >= 4 is 5.91 Å². The zero-order chi connectivity index (χ0) is 14.4. The van der Waals surface area contributed by atoms with Crippen molar-refractivity contribution in [2.45, 2.75) is 19.4 Å². The largest absolute Gasteiger partial charge is 0.379 e. The molecule has 1 saturated heterocycles. The fraction of sp³-hybridized carbons (Fsp3) is 0.533. The maximum Gasteiger partial charge on any atom is 0.227 e. The summed E-state index contributed by atoms with van der Waals surface area (Å²) in [7, 11) is 0.